The third kappa shape index (κ3) is 3.14. The molecule has 0 saturated carbocycles. The molecule has 1 aromatic rings. The van der Waals surface area contributed by atoms with Crippen molar-refractivity contribution in [3.8, 4) is 0 Å². The van der Waals surface area contributed by atoms with E-state index in [1.54, 1.807) is 0 Å². The zero-order valence-corrected chi connectivity index (χ0v) is 9.54. The Morgan fingerprint density at radius 3 is 2.53 bits per heavy atom. The quantitative estimate of drug-likeness (QED) is 0.623. The maximum atomic E-state index is 13.5. The fourth-order valence-corrected chi connectivity index (χ4v) is 1.59. The van der Waals surface area contributed by atoms with Crippen molar-refractivity contribution in [2.45, 2.75) is 19.3 Å². The Bertz CT molecular complexity index is 339. The van der Waals surface area contributed by atoms with Gasteiger partial charge in [0.1, 0.15) is 11.6 Å². The molecule has 0 aliphatic rings. The summed E-state index contributed by atoms with van der Waals surface area (Å²) >= 11 is 5.50. The molecule has 0 bridgehead atoms. The van der Waals surface area contributed by atoms with Gasteiger partial charge in [0.05, 0.1) is 6.00 Å². The number of benzene rings is 1. The van der Waals surface area contributed by atoms with Crippen molar-refractivity contribution in [1.29, 1.82) is 0 Å². The summed E-state index contributed by atoms with van der Waals surface area (Å²) < 4.78 is 26.2. The highest BCUT2D eigenvalue weighted by Crippen LogP contribution is 2.25. The SMILES string of the molecule is CC(C)(CNCCl)c1ccc(F)cc1F. The summed E-state index contributed by atoms with van der Waals surface area (Å²) in [6.45, 7) is 4.30. The third-order valence-electron chi connectivity index (χ3n) is 2.32. The first kappa shape index (κ1) is 12.4. The lowest BCUT2D eigenvalue weighted by molar-refractivity contribution is 0.455. The summed E-state index contributed by atoms with van der Waals surface area (Å²) in [6, 6.07) is 3.95. The molecule has 0 heterocycles. The van der Waals surface area contributed by atoms with Gasteiger partial charge in [-0.2, -0.15) is 0 Å². The van der Waals surface area contributed by atoms with Crippen LogP contribution in [0.4, 0.5) is 8.78 Å². The molecule has 0 atom stereocenters. The predicted octanol–water partition coefficient (Wildman–Crippen LogP) is 3.03. The average Bonchev–Trinajstić information content (AvgIpc) is 2.14. The molecule has 0 spiro atoms. The molecule has 0 amide bonds. The number of alkyl halides is 1. The van der Waals surface area contributed by atoms with Crippen LogP contribution in [0.1, 0.15) is 19.4 Å². The van der Waals surface area contributed by atoms with Crippen molar-refractivity contribution in [3.05, 3.63) is 35.4 Å². The standard InChI is InChI=1S/C11H14ClF2N/c1-11(2,6-15-7-12)9-4-3-8(13)5-10(9)14/h3-5,15H,6-7H2,1-2H3. The van der Waals surface area contributed by atoms with Gasteiger partial charge in [-0.3, -0.25) is 0 Å². The smallest absolute Gasteiger partial charge is 0.129 e. The van der Waals surface area contributed by atoms with Crippen LogP contribution in [0.3, 0.4) is 0 Å². The summed E-state index contributed by atoms with van der Waals surface area (Å²) in [5.41, 5.74) is 0.0775. The first-order valence-electron chi connectivity index (χ1n) is 4.69. The number of halogens is 3. The number of hydrogen-bond acceptors (Lipinski definition) is 1. The lowest BCUT2D eigenvalue weighted by atomic mass is 9.84. The molecule has 84 valence electrons. The number of rotatable bonds is 4. The lowest BCUT2D eigenvalue weighted by Gasteiger charge is -2.25. The Kier molecular flexibility index (Phi) is 4.05. The molecule has 15 heavy (non-hydrogen) atoms. The molecule has 4 heteroatoms. The molecule has 0 aliphatic heterocycles. The second kappa shape index (κ2) is 4.90. The van der Waals surface area contributed by atoms with E-state index in [-0.39, 0.29) is 0 Å². The van der Waals surface area contributed by atoms with Crippen LogP contribution in [0.2, 0.25) is 0 Å². The fourth-order valence-electron chi connectivity index (χ4n) is 1.49. The topological polar surface area (TPSA) is 12.0 Å². The van der Waals surface area contributed by atoms with Gasteiger partial charge in [0.2, 0.25) is 0 Å². The molecule has 0 unspecified atom stereocenters. The van der Waals surface area contributed by atoms with Gasteiger partial charge in [-0.05, 0) is 11.6 Å². The Morgan fingerprint density at radius 2 is 2.00 bits per heavy atom. The number of hydrogen-bond donors (Lipinski definition) is 1. The Morgan fingerprint density at radius 1 is 1.33 bits per heavy atom. The molecule has 1 aromatic carbocycles. The van der Waals surface area contributed by atoms with E-state index in [4.69, 9.17) is 11.6 Å². The summed E-state index contributed by atoms with van der Waals surface area (Å²) in [6.07, 6.45) is 0. The van der Waals surface area contributed by atoms with Crippen LogP contribution in [-0.4, -0.2) is 12.5 Å². The second-order valence-corrected chi connectivity index (χ2v) is 4.34. The van der Waals surface area contributed by atoms with Crippen LogP contribution < -0.4 is 5.32 Å². The highest BCUT2D eigenvalue weighted by Gasteiger charge is 2.23. The van der Waals surface area contributed by atoms with Gasteiger partial charge in [-0.25, -0.2) is 8.78 Å². The zero-order chi connectivity index (χ0) is 11.5. The summed E-state index contributed by atoms with van der Waals surface area (Å²) in [4.78, 5) is 0. The van der Waals surface area contributed by atoms with Crippen LogP contribution >= 0.6 is 11.6 Å². The van der Waals surface area contributed by atoms with Crippen LogP contribution in [0.25, 0.3) is 0 Å². The van der Waals surface area contributed by atoms with Crippen LogP contribution in [0, 0.1) is 11.6 Å². The molecule has 0 radical (unpaired) electrons. The van der Waals surface area contributed by atoms with Gasteiger partial charge in [0.25, 0.3) is 0 Å². The third-order valence-corrected chi connectivity index (χ3v) is 2.51. The molecule has 0 fully saturated rings. The molecule has 1 N–H and O–H groups in total. The molecule has 0 aliphatic carbocycles. The van der Waals surface area contributed by atoms with Crippen molar-refractivity contribution in [2.24, 2.45) is 0 Å². The normalized spacial score (nSPS) is 11.8. The van der Waals surface area contributed by atoms with Crippen LogP contribution in [0.5, 0.6) is 0 Å². The van der Waals surface area contributed by atoms with E-state index >= 15 is 0 Å². The van der Waals surface area contributed by atoms with Crippen molar-refractivity contribution in [1.82, 2.24) is 5.32 Å². The van der Waals surface area contributed by atoms with Gasteiger partial charge in [-0.1, -0.05) is 19.9 Å². The van der Waals surface area contributed by atoms with E-state index in [9.17, 15) is 8.78 Å². The van der Waals surface area contributed by atoms with E-state index < -0.39 is 17.0 Å². The molecular weight excluding hydrogens is 220 g/mol. The van der Waals surface area contributed by atoms with E-state index in [2.05, 4.69) is 5.32 Å². The molecule has 1 rings (SSSR count). The van der Waals surface area contributed by atoms with Crippen LogP contribution in [-0.2, 0) is 5.41 Å². The van der Waals surface area contributed by atoms with Crippen molar-refractivity contribution in [3.63, 3.8) is 0 Å². The van der Waals surface area contributed by atoms with Gasteiger partial charge in [-0.15, -0.1) is 11.6 Å². The van der Waals surface area contributed by atoms with Crippen molar-refractivity contribution >= 4 is 11.6 Å². The number of nitrogens with one attached hydrogen (secondary N) is 1. The predicted molar refractivity (Wildman–Crippen MR) is 58.1 cm³/mol. The summed E-state index contributed by atoms with van der Waals surface area (Å²) in [7, 11) is 0. The second-order valence-electron chi connectivity index (χ2n) is 4.07. The molecular formula is C11H14ClF2N. The van der Waals surface area contributed by atoms with E-state index in [1.807, 2.05) is 13.8 Å². The summed E-state index contributed by atoms with van der Waals surface area (Å²) in [5.74, 6) is -1.08. The maximum absolute atomic E-state index is 13.5. The minimum Gasteiger partial charge on any atom is -0.303 e. The van der Waals surface area contributed by atoms with Gasteiger partial charge in [0.15, 0.2) is 0 Å². The lowest BCUT2D eigenvalue weighted by Crippen LogP contribution is -2.33. The van der Waals surface area contributed by atoms with Crippen LogP contribution in [0.15, 0.2) is 18.2 Å². The first-order chi connectivity index (χ1) is 6.97. The van der Waals surface area contributed by atoms with E-state index in [1.165, 1.54) is 12.1 Å². The Labute approximate surface area is 93.4 Å². The maximum Gasteiger partial charge on any atom is 0.129 e. The van der Waals surface area contributed by atoms with Crippen molar-refractivity contribution in [2.75, 3.05) is 12.5 Å². The zero-order valence-electron chi connectivity index (χ0n) is 8.78. The highest BCUT2D eigenvalue weighted by atomic mass is 35.5. The minimum absolute atomic E-state index is 0.312. The monoisotopic (exact) mass is 233 g/mol. The van der Waals surface area contributed by atoms with E-state index in [0.29, 0.717) is 18.1 Å². The largest absolute Gasteiger partial charge is 0.303 e. The van der Waals surface area contributed by atoms with Gasteiger partial charge in [0, 0.05) is 18.0 Å². The Balaban J connectivity index is 2.93. The average molecular weight is 234 g/mol. The first-order valence-corrected chi connectivity index (χ1v) is 5.23. The van der Waals surface area contributed by atoms with Crippen molar-refractivity contribution < 1.29 is 8.78 Å². The molecule has 1 nitrogen and oxygen atoms in total. The van der Waals surface area contributed by atoms with Gasteiger partial charge >= 0.3 is 0 Å². The molecule has 0 saturated heterocycles. The molecule has 0 aromatic heterocycles. The van der Waals surface area contributed by atoms with Gasteiger partial charge < -0.3 is 5.32 Å². The Hall–Kier alpha value is -0.670. The minimum atomic E-state index is -0.558. The fraction of sp³-hybridized carbons (Fsp3) is 0.455. The van der Waals surface area contributed by atoms with E-state index in [0.717, 1.165) is 6.07 Å². The summed E-state index contributed by atoms with van der Waals surface area (Å²) in [5, 5.41) is 2.93. The highest BCUT2D eigenvalue weighted by molar-refractivity contribution is 6.17.